The van der Waals surface area contributed by atoms with Gasteiger partial charge in [-0.3, -0.25) is 9.48 Å². The highest BCUT2D eigenvalue weighted by Crippen LogP contribution is 2.26. The molecule has 3 aromatic heterocycles. The normalized spacial score (nSPS) is 11.0. The molecule has 0 radical (unpaired) electrons. The Morgan fingerprint density at radius 1 is 1.48 bits per heavy atom. The van der Waals surface area contributed by atoms with Crippen molar-refractivity contribution < 1.29 is 9.53 Å². The third-order valence-corrected chi connectivity index (χ3v) is 4.26. The SMILES string of the molecule is COCCCNC(=O)c1cc(-c2ccsc2)nc2c1cnn2C. The molecular weight excluding hydrogens is 312 g/mol. The molecule has 0 bridgehead atoms. The number of hydrogen-bond donors (Lipinski definition) is 1. The Hall–Kier alpha value is -2.25. The molecular formula is C16H18N4O2S. The number of methoxy groups -OCH3 is 1. The van der Waals surface area contributed by atoms with E-state index >= 15 is 0 Å². The first-order valence-corrected chi connectivity index (χ1v) is 8.27. The number of carbonyl (C=O) groups is 1. The summed E-state index contributed by atoms with van der Waals surface area (Å²) in [6.45, 7) is 1.20. The molecule has 0 saturated carbocycles. The number of nitrogens with zero attached hydrogens (tertiary/aromatic N) is 3. The summed E-state index contributed by atoms with van der Waals surface area (Å²) in [6.07, 6.45) is 2.46. The van der Waals surface area contributed by atoms with E-state index in [9.17, 15) is 4.79 Å². The van der Waals surface area contributed by atoms with E-state index in [4.69, 9.17) is 4.74 Å². The van der Waals surface area contributed by atoms with Gasteiger partial charge in [0.2, 0.25) is 0 Å². The zero-order valence-corrected chi connectivity index (χ0v) is 13.9. The Kier molecular flexibility index (Phi) is 4.68. The third-order valence-electron chi connectivity index (χ3n) is 3.58. The Labute approximate surface area is 138 Å². The molecule has 3 rings (SSSR count). The van der Waals surface area contributed by atoms with Gasteiger partial charge in [-0.05, 0) is 23.9 Å². The van der Waals surface area contributed by atoms with Crippen molar-refractivity contribution in [2.45, 2.75) is 6.42 Å². The Balaban J connectivity index is 1.96. The lowest BCUT2D eigenvalue weighted by molar-refractivity contribution is 0.0950. The van der Waals surface area contributed by atoms with Gasteiger partial charge < -0.3 is 10.1 Å². The van der Waals surface area contributed by atoms with E-state index in [-0.39, 0.29) is 5.91 Å². The van der Waals surface area contributed by atoms with Crippen LogP contribution in [0.3, 0.4) is 0 Å². The maximum Gasteiger partial charge on any atom is 0.252 e. The van der Waals surface area contributed by atoms with Crippen molar-refractivity contribution in [2.75, 3.05) is 20.3 Å². The van der Waals surface area contributed by atoms with Crippen molar-refractivity contribution in [1.29, 1.82) is 0 Å². The highest BCUT2D eigenvalue weighted by Gasteiger charge is 2.16. The number of fused-ring (bicyclic) bond motifs is 1. The molecule has 0 atom stereocenters. The fourth-order valence-electron chi connectivity index (χ4n) is 2.37. The molecule has 0 saturated heterocycles. The van der Waals surface area contributed by atoms with Crippen molar-refractivity contribution in [3.05, 3.63) is 34.7 Å². The van der Waals surface area contributed by atoms with Gasteiger partial charge in [-0.25, -0.2) is 4.98 Å². The quantitative estimate of drug-likeness (QED) is 0.705. The third kappa shape index (κ3) is 3.25. The number of thiophene rings is 1. The Morgan fingerprint density at radius 2 is 2.35 bits per heavy atom. The Morgan fingerprint density at radius 3 is 3.09 bits per heavy atom. The van der Waals surface area contributed by atoms with Crippen LogP contribution in [0.4, 0.5) is 0 Å². The van der Waals surface area contributed by atoms with Crippen molar-refractivity contribution in [3.63, 3.8) is 0 Å². The maximum atomic E-state index is 12.5. The van der Waals surface area contributed by atoms with Gasteiger partial charge in [-0.1, -0.05) is 0 Å². The standard InChI is InChI=1S/C16H18N4O2S/c1-20-15-13(9-18-20)12(16(21)17-5-3-6-22-2)8-14(19-15)11-4-7-23-10-11/h4,7-10H,3,5-6H2,1-2H3,(H,17,21). The van der Waals surface area contributed by atoms with Gasteiger partial charge in [0.05, 0.1) is 22.8 Å². The number of aryl methyl sites for hydroxylation is 1. The summed E-state index contributed by atoms with van der Waals surface area (Å²) in [4.78, 5) is 17.2. The fourth-order valence-corrected chi connectivity index (χ4v) is 3.02. The minimum absolute atomic E-state index is 0.113. The highest BCUT2D eigenvalue weighted by molar-refractivity contribution is 7.08. The molecule has 1 N–H and O–H groups in total. The van der Waals surface area contributed by atoms with Crippen LogP contribution in [0, 0.1) is 0 Å². The molecule has 0 unspecified atom stereocenters. The van der Waals surface area contributed by atoms with Crippen molar-refractivity contribution in [2.24, 2.45) is 7.05 Å². The minimum atomic E-state index is -0.113. The lowest BCUT2D eigenvalue weighted by Gasteiger charge is -2.08. The largest absolute Gasteiger partial charge is 0.385 e. The lowest BCUT2D eigenvalue weighted by atomic mass is 10.1. The number of pyridine rings is 1. The van der Waals surface area contributed by atoms with E-state index in [1.165, 1.54) is 0 Å². The maximum absolute atomic E-state index is 12.5. The van der Waals surface area contributed by atoms with Crippen LogP contribution >= 0.6 is 11.3 Å². The van der Waals surface area contributed by atoms with Gasteiger partial charge in [0.25, 0.3) is 5.91 Å². The predicted molar refractivity (Wildman–Crippen MR) is 90.6 cm³/mol. The molecule has 3 aromatic rings. The van der Waals surface area contributed by atoms with Crippen LogP contribution < -0.4 is 5.32 Å². The number of nitrogens with one attached hydrogen (secondary N) is 1. The first-order valence-electron chi connectivity index (χ1n) is 7.33. The van der Waals surface area contributed by atoms with E-state index in [1.54, 1.807) is 29.3 Å². The van der Waals surface area contributed by atoms with Gasteiger partial charge in [0.1, 0.15) is 0 Å². The summed E-state index contributed by atoms with van der Waals surface area (Å²) in [6, 6.07) is 3.83. The molecule has 0 spiro atoms. The first kappa shape index (κ1) is 15.6. The average molecular weight is 330 g/mol. The molecule has 0 fully saturated rings. The molecule has 0 aliphatic heterocycles. The number of aromatic nitrogens is 3. The zero-order chi connectivity index (χ0) is 16.2. The molecule has 3 heterocycles. The second-order valence-corrected chi connectivity index (χ2v) is 5.95. The topological polar surface area (TPSA) is 69.0 Å². The second kappa shape index (κ2) is 6.89. The van der Waals surface area contributed by atoms with Crippen LogP contribution in [0.5, 0.6) is 0 Å². The van der Waals surface area contributed by atoms with Gasteiger partial charge >= 0.3 is 0 Å². The number of amides is 1. The van der Waals surface area contributed by atoms with Gasteiger partial charge in [0.15, 0.2) is 5.65 Å². The number of carbonyl (C=O) groups excluding carboxylic acids is 1. The van der Waals surface area contributed by atoms with Crippen LogP contribution in [0.25, 0.3) is 22.3 Å². The van der Waals surface area contributed by atoms with Crippen LogP contribution in [0.2, 0.25) is 0 Å². The second-order valence-electron chi connectivity index (χ2n) is 5.17. The molecule has 0 aliphatic rings. The fraction of sp³-hybridized carbons (Fsp3) is 0.312. The molecule has 7 heteroatoms. The van der Waals surface area contributed by atoms with Crippen LogP contribution in [-0.4, -0.2) is 40.9 Å². The summed E-state index contributed by atoms with van der Waals surface area (Å²) in [7, 11) is 3.48. The van der Waals surface area contributed by atoms with Crippen LogP contribution in [0.15, 0.2) is 29.1 Å². The molecule has 0 aromatic carbocycles. The summed E-state index contributed by atoms with van der Waals surface area (Å²) >= 11 is 1.60. The average Bonchev–Trinajstić information content (AvgIpc) is 3.21. The molecule has 6 nitrogen and oxygen atoms in total. The smallest absolute Gasteiger partial charge is 0.252 e. The number of hydrogen-bond acceptors (Lipinski definition) is 5. The predicted octanol–water partition coefficient (Wildman–Crippen LogP) is 2.46. The van der Waals surface area contributed by atoms with E-state index in [0.29, 0.717) is 24.4 Å². The lowest BCUT2D eigenvalue weighted by Crippen LogP contribution is -2.25. The monoisotopic (exact) mass is 330 g/mol. The van der Waals surface area contributed by atoms with Gasteiger partial charge in [0, 0.05) is 38.3 Å². The van der Waals surface area contributed by atoms with Crippen molar-refractivity contribution in [3.8, 4) is 11.3 Å². The highest BCUT2D eigenvalue weighted by atomic mass is 32.1. The van der Waals surface area contributed by atoms with E-state index in [1.807, 2.05) is 29.9 Å². The van der Waals surface area contributed by atoms with Crippen molar-refractivity contribution >= 4 is 28.3 Å². The van der Waals surface area contributed by atoms with Crippen LogP contribution in [-0.2, 0) is 11.8 Å². The van der Waals surface area contributed by atoms with Crippen LogP contribution in [0.1, 0.15) is 16.8 Å². The van der Waals surface area contributed by atoms with E-state index in [0.717, 1.165) is 23.1 Å². The first-order chi connectivity index (χ1) is 11.2. The van der Waals surface area contributed by atoms with E-state index in [2.05, 4.69) is 15.4 Å². The van der Waals surface area contributed by atoms with Crippen molar-refractivity contribution in [1.82, 2.24) is 20.1 Å². The minimum Gasteiger partial charge on any atom is -0.385 e. The summed E-state index contributed by atoms with van der Waals surface area (Å²) in [5.74, 6) is -0.113. The zero-order valence-electron chi connectivity index (χ0n) is 13.1. The summed E-state index contributed by atoms with van der Waals surface area (Å²) in [5, 5.41) is 11.9. The molecule has 1 amide bonds. The molecule has 120 valence electrons. The van der Waals surface area contributed by atoms with Gasteiger partial charge in [-0.15, -0.1) is 0 Å². The Bertz CT molecular complexity index is 811. The molecule has 0 aliphatic carbocycles. The summed E-state index contributed by atoms with van der Waals surface area (Å²) in [5.41, 5.74) is 3.09. The van der Waals surface area contributed by atoms with E-state index < -0.39 is 0 Å². The summed E-state index contributed by atoms with van der Waals surface area (Å²) < 4.78 is 6.68. The number of rotatable bonds is 6. The number of ether oxygens (including phenoxy) is 1. The van der Waals surface area contributed by atoms with Gasteiger partial charge in [-0.2, -0.15) is 16.4 Å². The molecule has 23 heavy (non-hydrogen) atoms.